The molecule has 4 nitrogen and oxygen atoms in total. The Kier molecular flexibility index (Phi) is 3.63. The second-order valence-electron chi connectivity index (χ2n) is 4.91. The molecule has 1 aliphatic rings. The SMILES string of the molecule is CCOc1cc2c(cc1C(N)c1nccs1)OC(C)C2. The molecule has 20 heavy (non-hydrogen) atoms. The maximum absolute atomic E-state index is 6.33. The number of hydrogen-bond acceptors (Lipinski definition) is 5. The van der Waals surface area contributed by atoms with Gasteiger partial charge in [0.15, 0.2) is 0 Å². The molecule has 0 bridgehead atoms. The van der Waals surface area contributed by atoms with Gasteiger partial charge in [-0.3, -0.25) is 0 Å². The first-order valence-electron chi connectivity index (χ1n) is 6.80. The molecule has 3 rings (SSSR count). The van der Waals surface area contributed by atoms with E-state index in [2.05, 4.69) is 18.0 Å². The fourth-order valence-electron chi connectivity index (χ4n) is 2.50. The van der Waals surface area contributed by atoms with E-state index in [1.807, 2.05) is 18.4 Å². The third-order valence-corrected chi connectivity index (χ3v) is 4.24. The summed E-state index contributed by atoms with van der Waals surface area (Å²) in [6.07, 6.45) is 2.90. The number of hydrogen-bond donors (Lipinski definition) is 1. The number of nitrogens with two attached hydrogens (primary N) is 1. The molecular formula is C15H18N2O2S. The maximum Gasteiger partial charge on any atom is 0.125 e. The smallest absolute Gasteiger partial charge is 0.125 e. The Morgan fingerprint density at radius 3 is 3.10 bits per heavy atom. The lowest BCUT2D eigenvalue weighted by Gasteiger charge is -2.16. The first-order valence-corrected chi connectivity index (χ1v) is 7.68. The lowest BCUT2D eigenvalue weighted by molar-refractivity contribution is 0.254. The molecule has 0 fully saturated rings. The van der Waals surface area contributed by atoms with E-state index in [-0.39, 0.29) is 12.1 Å². The molecule has 0 radical (unpaired) electrons. The van der Waals surface area contributed by atoms with Crippen molar-refractivity contribution >= 4 is 11.3 Å². The van der Waals surface area contributed by atoms with Gasteiger partial charge in [-0.25, -0.2) is 4.98 Å². The third kappa shape index (κ3) is 2.39. The maximum atomic E-state index is 6.33. The van der Waals surface area contributed by atoms with Crippen molar-refractivity contribution in [2.45, 2.75) is 32.4 Å². The predicted molar refractivity (Wildman–Crippen MR) is 79.5 cm³/mol. The fourth-order valence-corrected chi connectivity index (χ4v) is 3.16. The van der Waals surface area contributed by atoms with Crippen LogP contribution < -0.4 is 15.2 Å². The van der Waals surface area contributed by atoms with Gasteiger partial charge in [0.05, 0.1) is 12.6 Å². The minimum atomic E-state index is -0.277. The van der Waals surface area contributed by atoms with Gasteiger partial charge in [-0.05, 0) is 26.0 Å². The van der Waals surface area contributed by atoms with Crippen LogP contribution in [0, 0.1) is 0 Å². The summed E-state index contributed by atoms with van der Waals surface area (Å²) in [7, 11) is 0. The van der Waals surface area contributed by atoms with Crippen molar-refractivity contribution in [1.82, 2.24) is 4.98 Å². The second kappa shape index (κ2) is 5.42. The summed E-state index contributed by atoms with van der Waals surface area (Å²) < 4.78 is 11.6. The van der Waals surface area contributed by atoms with E-state index in [1.165, 1.54) is 5.56 Å². The summed E-state index contributed by atoms with van der Waals surface area (Å²) in [6, 6.07) is 3.79. The van der Waals surface area contributed by atoms with Crippen LogP contribution in [0.3, 0.4) is 0 Å². The average Bonchev–Trinajstić information content (AvgIpc) is 3.05. The normalized spacial score (nSPS) is 18.4. The molecule has 2 heterocycles. The van der Waals surface area contributed by atoms with Crippen molar-refractivity contribution in [3.63, 3.8) is 0 Å². The quantitative estimate of drug-likeness (QED) is 0.940. The highest BCUT2D eigenvalue weighted by atomic mass is 32.1. The van der Waals surface area contributed by atoms with E-state index in [4.69, 9.17) is 15.2 Å². The summed E-state index contributed by atoms with van der Waals surface area (Å²) in [5.74, 6) is 1.76. The van der Waals surface area contributed by atoms with Crippen molar-refractivity contribution in [2.75, 3.05) is 6.61 Å². The van der Waals surface area contributed by atoms with Gasteiger partial charge in [0, 0.05) is 29.1 Å². The highest BCUT2D eigenvalue weighted by molar-refractivity contribution is 7.09. The minimum Gasteiger partial charge on any atom is -0.494 e. The number of ether oxygens (including phenoxy) is 2. The van der Waals surface area contributed by atoms with Crippen LogP contribution in [0.1, 0.15) is 36.0 Å². The molecule has 1 aromatic heterocycles. The number of rotatable bonds is 4. The van der Waals surface area contributed by atoms with E-state index < -0.39 is 0 Å². The molecule has 2 unspecified atom stereocenters. The zero-order chi connectivity index (χ0) is 14.1. The van der Waals surface area contributed by atoms with E-state index in [0.717, 1.165) is 28.5 Å². The van der Waals surface area contributed by atoms with Gasteiger partial charge in [-0.15, -0.1) is 11.3 Å². The van der Waals surface area contributed by atoms with E-state index in [9.17, 15) is 0 Å². The Morgan fingerprint density at radius 1 is 1.55 bits per heavy atom. The molecule has 0 spiro atoms. The Morgan fingerprint density at radius 2 is 2.40 bits per heavy atom. The van der Waals surface area contributed by atoms with Crippen LogP contribution in [0.2, 0.25) is 0 Å². The molecule has 0 saturated carbocycles. The lowest BCUT2D eigenvalue weighted by atomic mass is 10.0. The van der Waals surface area contributed by atoms with Gasteiger partial charge < -0.3 is 15.2 Å². The Bertz CT molecular complexity index is 598. The van der Waals surface area contributed by atoms with Crippen LogP contribution in [0.4, 0.5) is 0 Å². The standard InChI is InChI=1S/C15H18N2O2S/c1-3-18-13-7-10-6-9(2)19-12(10)8-11(13)14(16)15-17-4-5-20-15/h4-5,7-9,14H,3,6,16H2,1-2H3. The molecule has 0 saturated heterocycles. The molecule has 0 aliphatic carbocycles. The van der Waals surface area contributed by atoms with Crippen LogP contribution in [0.15, 0.2) is 23.7 Å². The number of thiazole rings is 1. The lowest BCUT2D eigenvalue weighted by Crippen LogP contribution is -2.13. The summed E-state index contributed by atoms with van der Waals surface area (Å²) in [5.41, 5.74) is 8.46. The van der Waals surface area contributed by atoms with Crippen LogP contribution in [0.5, 0.6) is 11.5 Å². The van der Waals surface area contributed by atoms with Crippen molar-refractivity contribution in [1.29, 1.82) is 0 Å². The molecular weight excluding hydrogens is 272 g/mol. The number of nitrogens with zero attached hydrogens (tertiary/aromatic N) is 1. The van der Waals surface area contributed by atoms with Gasteiger partial charge in [0.1, 0.15) is 22.6 Å². The van der Waals surface area contributed by atoms with Gasteiger partial charge in [-0.2, -0.15) is 0 Å². The summed E-state index contributed by atoms with van der Waals surface area (Å²) in [4.78, 5) is 4.30. The van der Waals surface area contributed by atoms with E-state index in [1.54, 1.807) is 17.5 Å². The molecule has 2 aromatic rings. The van der Waals surface area contributed by atoms with E-state index >= 15 is 0 Å². The number of aromatic nitrogens is 1. The predicted octanol–water partition coefficient (Wildman–Crippen LogP) is 2.91. The van der Waals surface area contributed by atoms with Crippen LogP contribution in [-0.4, -0.2) is 17.7 Å². The van der Waals surface area contributed by atoms with Gasteiger partial charge in [0.25, 0.3) is 0 Å². The minimum absolute atomic E-state index is 0.214. The number of fused-ring (bicyclic) bond motifs is 1. The monoisotopic (exact) mass is 290 g/mol. The number of benzene rings is 1. The van der Waals surface area contributed by atoms with Gasteiger partial charge in [-0.1, -0.05) is 0 Å². The van der Waals surface area contributed by atoms with Crippen molar-refractivity contribution in [2.24, 2.45) is 5.73 Å². The summed E-state index contributed by atoms with van der Waals surface area (Å²) >= 11 is 1.55. The molecule has 0 amide bonds. The largest absolute Gasteiger partial charge is 0.494 e. The first-order chi connectivity index (χ1) is 9.69. The first kappa shape index (κ1) is 13.4. The third-order valence-electron chi connectivity index (χ3n) is 3.38. The Labute approximate surface area is 122 Å². The van der Waals surface area contributed by atoms with Crippen LogP contribution in [0.25, 0.3) is 0 Å². The highest BCUT2D eigenvalue weighted by Gasteiger charge is 2.25. The highest BCUT2D eigenvalue weighted by Crippen LogP contribution is 2.38. The van der Waals surface area contributed by atoms with Crippen molar-refractivity contribution in [3.8, 4) is 11.5 Å². The van der Waals surface area contributed by atoms with Crippen LogP contribution in [-0.2, 0) is 6.42 Å². The van der Waals surface area contributed by atoms with E-state index in [0.29, 0.717) is 6.61 Å². The van der Waals surface area contributed by atoms with Crippen molar-refractivity contribution < 1.29 is 9.47 Å². The average molecular weight is 290 g/mol. The fraction of sp³-hybridized carbons (Fsp3) is 0.400. The molecule has 2 atom stereocenters. The second-order valence-corrected chi connectivity index (χ2v) is 5.84. The molecule has 106 valence electrons. The summed E-state index contributed by atoms with van der Waals surface area (Å²) in [5, 5.41) is 2.82. The molecule has 1 aromatic carbocycles. The van der Waals surface area contributed by atoms with Gasteiger partial charge >= 0.3 is 0 Å². The zero-order valence-corrected chi connectivity index (χ0v) is 12.4. The molecule has 2 N–H and O–H groups in total. The zero-order valence-electron chi connectivity index (χ0n) is 11.6. The Hall–Kier alpha value is -1.59. The summed E-state index contributed by atoms with van der Waals surface area (Å²) in [6.45, 7) is 4.67. The molecule has 1 aliphatic heterocycles. The van der Waals surface area contributed by atoms with Crippen molar-refractivity contribution in [3.05, 3.63) is 39.8 Å². The Balaban J connectivity index is 2.02. The topological polar surface area (TPSA) is 57.4 Å². The van der Waals surface area contributed by atoms with Crippen LogP contribution >= 0.6 is 11.3 Å². The molecule has 5 heteroatoms. The van der Waals surface area contributed by atoms with Gasteiger partial charge in [0.2, 0.25) is 0 Å².